The Kier molecular flexibility index (Phi) is 4.68. The molecule has 0 atom stereocenters. The molecule has 106 valence electrons. The summed E-state index contributed by atoms with van der Waals surface area (Å²) in [6.07, 6.45) is 0.207. The van der Waals surface area contributed by atoms with Crippen molar-refractivity contribution in [3.8, 4) is 0 Å². The van der Waals surface area contributed by atoms with Crippen LogP contribution in [0.15, 0.2) is 23.7 Å². The standard InChI is InChI=1S/C14H16N2O3S/c1-3-16(7-6-13(17)19-2)14(18)10-4-5-11-12(8-10)20-9-15-11/h4-5,8-9H,3,6-7H2,1-2H3. The van der Waals surface area contributed by atoms with Crippen LogP contribution in [0.25, 0.3) is 10.2 Å². The molecule has 0 saturated carbocycles. The van der Waals surface area contributed by atoms with Crippen LogP contribution in [0, 0.1) is 0 Å². The summed E-state index contributed by atoms with van der Waals surface area (Å²) in [6.45, 7) is 2.81. The second-order valence-corrected chi connectivity index (χ2v) is 5.13. The molecule has 1 amide bonds. The molecule has 0 aliphatic rings. The van der Waals surface area contributed by atoms with Gasteiger partial charge < -0.3 is 9.64 Å². The number of esters is 1. The summed E-state index contributed by atoms with van der Waals surface area (Å²) in [5.41, 5.74) is 3.27. The van der Waals surface area contributed by atoms with Gasteiger partial charge in [0.15, 0.2) is 0 Å². The molecule has 1 aromatic heterocycles. The number of nitrogens with zero attached hydrogens (tertiary/aromatic N) is 2. The molecule has 0 radical (unpaired) electrons. The lowest BCUT2D eigenvalue weighted by molar-refractivity contribution is -0.140. The van der Waals surface area contributed by atoms with Crippen molar-refractivity contribution in [1.82, 2.24) is 9.88 Å². The Morgan fingerprint density at radius 3 is 2.90 bits per heavy atom. The van der Waals surface area contributed by atoms with Gasteiger partial charge in [-0.25, -0.2) is 4.98 Å². The van der Waals surface area contributed by atoms with Crippen molar-refractivity contribution < 1.29 is 14.3 Å². The highest BCUT2D eigenvalue weighted by Crippen LogP contribution is 2.20. The first kappa shape index (κ1) is 14.5. The van der Waals surface area contributed by atoms with Crippen LogP contribution in [0.5, 0.6) is 0 Å². The minimum Gasteiger partial charge on any atom is -0.469 e. The van der Waals surface area contributed by atoms with Gasteiger partial charge in [0.2, 0.25) is 0 Å². The van der Waals surface area contributed by atoms with E-state index < -0.39 is 0 Å². The zero-order chi connectivity index (χ0) is 14.5. The molecule has 0 aliphatic carbocycles. The fourth-order valence-corrected chi connectivity index (χ4v) is 2.62. The minimum atomic E-state index is -0.311. The normalized spacial score (nSPS) is 10.5. The Labute approximate surface area is 121 Å². The van der Waals surface area contributed by atoms with Gasteiger partial charge in [0.05, 0.1) is 29.3 Å². The smallest absolute Gasteiger partial charge is 0.307 e. The van der Waals surface area contributed by atoms with E-state index in [2.05, 4.69) is 9.72 Å². The number of hydrogen-bond acceptors (Lipinski definition) is 5. The largest absolute Gasteiger partial charge is 0.469 e. The van der Waals surface area contributed by atoms with Gasteiger partial charge in [-0.1, -0.05) is 0 Å². The lowest BCUT2D eigenvalue weighted by Crippen LogP contribution is -2.33. The van der Waals surface area contributed by atoms with E-state index in [1.807, 2.05) is 19.1 Å². The number of benzene rings is 1. The first-order chi connectivity index (χ1) is 9.65. The van der Waals surface area contributed by atoms with Gasteiger partial charge in [-0.3, -0.25) is 9.59 Å². The molecule has 0 aliphatic heterocycles. The third-order valence-corrected chi connectivity index (χ3v) is 3.85. The molecular weight excluding hydrogens is 276 g/mol. The maximum absolute atomic E-state index is 12.4. The molecule has 1 aromatic carbocycles. The summed E-state index contributed by atoms with van der Waals surface area (Å²) in [4.78, 5) is 29.4. The van der Waals surface area contributed by atoms with E-state index in [1.54, 1.807) is 16.5 Å². The van der Waals surface area contributed by atoms with Gasteiger partial charge >= 0.3 is 5.97 Å². The molecule has 20 heavy (non-hydrogen) atoms. The highest BCUT2D eigenvalue weighted by molar-refractivity contribution is 7.16. The van der Waals surface area contributed by atoms with Gasteiger partial charge in [0.1, 0.15) is 0 Å². The van der Waals surface area contributed by atoms with E-state index in [9.17, 15) is 9.59 Å². The van der Waals surface area contributed by atoms with E-state index in [-0.39, 0.29) is 18.3 Å². The quantitative estimate of drug-likeness (QED) is 0.794. The van der Waals surface area contributed by atoms with Crippen LogP contribution in [0.1, 0.15) is 23.7 Å². The fraction of sp³-hybridized carbons (Fsp3) is 0.357. The lowest BCUT2D eigenvalue weighted by Gasteiger charge is -2.20. The SMILES string of the molecule is CCN(CCC(=O)OC)C(=O)c1ccc2ncsc2c1. The van der Waals surface area contributed by atoms with Crippen LogP contribution in [0.3, 0.4) is 0 Å². The van der Waals surface area contributed by atoms with Crippen molar-refractivity contribution in [2.24, 2.45) is 0 Å². The Bertz CT molecular complexity index is 624. The fourth-order valence-electron chi connectivity index (χ4n) is 1.90. The van der Waals surface area contributed by atoms with E-state index in [1.165, 1.54) is 18.4 Å². The number of ether oxygens (including phenoxy) is 1. The molecule has 2 aromatic rings. The number of carbonyl (C=O) groups is 2. The third-order valence-electron chi connectivity index (χ3n) is 3.06. The van der Waals surface area contributed by atoms with Crippen molar-refractivity contribution >= 4 is 33.4 Å². The van der Waals surface area contributed by atoms with Crippen LogP contribution >= 0.6 is 11.3 Å². The molecule has 0 fully saturated rings. The van der Waals surface area contributed by atoms with Crippen molar-refractivity contribution in [1.29, 1.82) is 0 Å². The van der Waals surface area contributed by atoms with Gasteiger partial charge in [0.25, 0.3) is 5.91 Å². The Balaban J connectivity index is 2.12. The summed E-state index contributed by atoms with van der Waals surface area (Å²) >= 11 is 1.50. The van der Waals surface area contributed by atoms with Crippen LogP contribution in [0.4, 0.5) is 0 Å². The molecule has 2 rings (SSSR count). The number of rotatable bonds is 5. The number of aromatic nitrogens is 1. The maximum atomic E-state index is 12.4. The third kappa shape index (κ3) is 3.14. The monoisotopic (exact) mass is 292 g/mol. The zero-order valence-electron chi connectivity index (χ0n) is 11.5. The molecular formula is C14H16N2O3S. The van der Waals surface area contributed by atoms with E-state index in [0.717, 1.165) is 10.2 Å². The first-order valence-electron chi connectivity index (χ1n) is 6.35. The van der Waals surface area contributed by atoms with Crippen LogP contribution < -0.4 is 0 Å². The van der Waals surface area contributed by atoms with E-state index in [4.69, 9.17) is 0 Å². The molecule has 0 spiro atoms. The molecule has 0 saturated heterocycles. The molecule has 0 N–H and O–H groups in total. The number of amides is 1. The summed E-state index contributed by atoms with van der Waals surface area (Å²) < 4.78 is 5.58. The van der Waals surface area contributed by atoms with Crippen molar-refractivity contribution in [3.63, 3.8) is 0 Å². The lowest BCUT2D eigenvalue weighted by atomic mass is 10.2. The molecule has 1 heterocycles. The molecule has 0 unspecified atom stereocenters. The minimum absolute atomic E-state index is 0.0771. The van der Waals surface area contributed by atoms with Crippen molar-refractivity contribution in [2.75, 3.05) is 20.2 Å². The highest BCUT2D eigenvalue weighted by atomic mass is 32.1. The summed E-state index contributed by atoms with van der Waals surface area (Å²) in [5.74, 6) is -0.388. The number of carbonyl (C=O) groups excluding carboxylic acids is 2. The summed E-state index contributed by atoms with van der Waals surface area (Å²) in [6, 6.07) is 5.45. The molecule has 0 bridgehead atoms. The Morgan fingerprint density at radius 1 is 1.40 bits per heavy atom. The van der Waals surface area contributed by atoms with Crippen LogP contribution in [-0.2, 0) is 9.53 Å². The van der Waals surface area contributed by atoms with Gasteiger partial charge in [0, 0.05) is 18.7 Å². The van der Waals surface area contributed by atoms with Gasteiger partial charge in [-0.05, 0) is 25.1 Å². The van der Waals surface area contributed by atoms with Crippen LogP contribution in [0.2, 0.25) is 0 Å². The maximum Gasteiger partial charge on any atom is 0.307 e. The summed E-state index contributed by atoms with van der Waals surface area (Å²) in [5, 5.41) is 0. The molecule has 5 nitrogen and oxygen atoms in total. The number of fused-ring (bicyclic) bond motifs is 1. The van der Waals surface area contributed by atoms with Crippen LogP contribution in [-0.4, -0.2) is 42.0 Å². The second kappa shape index (κ2) is 6.47. The van der Waals surface area contributed by atoms with E-state index >= 15 is 0 Å². The Morgan fingerprint density at radius 2 is 2.20 bits per heavy atom. The van der Waals surface area contributed by atoms with Crippen molar-refractivity contribution in [2.45, 2.75) is 13.3 Å². The summed E-state index contributed by atoms with van der Waals surface area (Å²) in [7, 11) is 1.35. The average Bonchev–Trinajstić information content (AvgIpc) is 2.94. The predicted molar refractivity (Wildman–Crippen MR) is 77.8 cm³/mol. The predicted octanol–water partition coefficient (Wildman–Crippen LogP) is 2.32. The van der Waals surface area contributed by atoms with Gasteiger partial charge in [-0.15, -0.1) is 11.3 Å². The molecule has 6 heteroatoms. The Hall–Kier alpha value is -1.95. The second-order valence-electron chi connectivity index (χ2n) is 4.25. The number of thiazole rings is 1. The van der Waals surface area contributed by atoms with Crippen molar-refractivity contribution in [3.05, 3.63) is 29.3 Å². The first-order valence-corrected chi connectivity index (χ1v) is 7.23. The van der Waals surface area contributed by atoms with Gasteiger partial charge in [-0.2, -0.15) is 0 Å². The average molecular weight is 292 g/mol. The topological polar surface area (TPSA) is 59.5 Å². The zero-order valence-corrected chi connectivity index (χ0v) is 12.3. The number of hydrogen-bond donors (Lipinski definition) is 0. The number of methoxy groups -OCH3 is 1. The van der Waals surface area contributed by atoms with E-state index in [0.29, 0.717) is 18.7 Å². The highest BCUT2D eigenvalue weighted by Gasteiger charge is 2.16.